The fraction of sp³-hybridized carbons (Fsp3) is 0.520. The lowest BCUT2D eigenvalue weighted by Crippen LogP contribution is -2.56. The lowest BCUT2D eigenvalue weighted by Gasteiger charge is -2.37. The highest BCUT2D eigenvalue weighted by molar-refractivity contribution is 7.18. The third-order valence-electron chi connectivity index (χ3n) is 6.90. The van der Waals surface area contributed by atoms with E-state index >= 15 is 0 Å². The van der Waals surface area contributed by atoms with Crippen molar-refractivity contribution in [3.05, 3.63) is 50.8 Å². The number of furan rings is 1. The van der Waals surface area contributed by atoms with Crippen molar-refractivity contribution in [1.82, 2.24) is 25.1 Å². The van der Waals surface area contributed by atoms with Crippen LogP contribution in [0.25, 0.3) is 10.2 Å². The Bertz CT molecular complexity index is 1270. The van der Waals surface area contributed by atoms with E-state index in [-0.39, 0.29) is 29.1 Å². The predicted molar refractivity (Wildman–Crippen MR) is 134 cm³/mol. The first-order chi connectivity index (χ1) is 16.9. The van der Waals surface area contributed by atoms with Crippen molar-refractivity contribution in [2.75, 3.05) is 26.2 Å². The molecular formula is C25H31N5O4S. The average Bonchev–Trinajstić information content (AvgIpc) is 3.50. The zero-order valence-electron chi connectivity index (χ0n) is 20.1. The summed E-state index contributed by atoms with van der Waals surface area (Å²) in [7, 11) is 0. The number of aryl methyl sites for hydroxylation is 2. The van der Waals surface area contributed by atoms with Crippen molar-refractivity contribution in [2.45, 2.75) is 52.1 Å². The van der Waals surface area contributed by atoms with Gasteiger partial charge in [0.1, 0.15) is 16.7 Å². The van der Waals surface area contributed by atoms with Crippen LogP contribution in [0.2, 0.25) is 0 Å². The van der Waals surface area contributed by atoms with Gasteiger partial charge in [-0.2, -0.15) is 0 Å². The van der Waals surface area contributed by atoms with E-state index in [0.29, 0.717) is 38.5 Å². The van der Waals surface area contributed by atoms with Gasteiger partial charge in [0.05, 0.1) is 18.2 Å². The number of fused-ring (bicyclic) bond motifs is 3. The Hall–Kier alpha value is -2.98. The van der Waals surface area contributed by atoms with Crippen LogP contribution in [0.5, 0.6) is 0 Å². The molecule has 3 aromatic heterocycles. The van der Waals surface area contributed by atoms with Crippen molar-refractivity contribution in [2.24, 2.45) is 5.92 Å². The number of rotatable bonds is 6. The highest BCUT2D eigenvalue weighted by Gasteiger charge is 2.31. The van der Waals surface area contributed by atoms with E-state index in [0.717, 1.165) is 29.5 Å². The van der Waals surface area contributed by atoms with Crippen molar-refractivity contribution in [3.8, 4) is 0 Å². The maximum atomic E-state index is 13.2. The summed E-state index contributed by atoms with van der Waals surface area (Å²) in [5.41, 5.74) is 1.16. The summed E-state index contributed by atoms with van der Waals surface area (Å²) in [6, 6.07) is 2.61. The van der Waals surface area contributed by atoms with E-state index in [4.69, 9.17) is 9.40 Å². The summed E-state index contributed by atoms with van der Waals surface area (Å²) in [4.78, 5) is 52.4. The number of nitrogens with one attached hydrogen (secondary N) is 2. The molecule has 0 radical (unpaired) electrons. The van der Waals surface area contributed by atoms with Crippen LogP contribution in [0.1, 0.15) is 53.5 Å². The van der Waals surface area contributed by atoms with Gasteiger partial charge in [-0.25, -0.2) is 4.98 Å². The van der Waals surface area contributed by atoms with E-state index in [1.807, 2.05) is 13.8 Å². The number of hydrogen-bond donors (Lipinski definition) is 2. The summed E-state index contributed by atoms with van der Waals surface area (Å²) in [5.74, 6) is 0.333. The van der Waals surface area contributed by atoms with Crippen molar-refractivity contribution in [3.63, 3.8) is 0 Å². The number of thiophene rings is 1. The maximum Gasteiger partial charge on any atom is 0.287 e. The minimum absolute atomic E-state index is 0.0368. The molecule has 0 saturated carbocycles. The number of amides is 2. The smallest absolute Gasteiger partial charge is 0.287 e. The molecule has 0 spiro atoms. The Labute approximate surface area is 207 Å². The van der Waals surface area contributed by atoms with Crippen LogP contribution in [0.4, 0.5) is 0 Å². The quantitative estimate of drug-likeness (QED) is 0.541. The molecule has 2 N–H and O–H groups in total. The summed E-state index contributed by atoms with van der Waals surface area (Å²) < 4.78 is 5.16. The van der Waals surface area contributed by atoms with Crippen LogP contribution in [-0.2, 0) is 24.2 Å². The molecule has 35 heavy (non-hydrogen) atoms. The maximum absolute atomic E-state index is 13.2. The van der Waals surface area contributed by atoms with Crippen LogP contribution in [0, 0.1) is 5.92 Å². The third-order valence-corrected chi connectivity index (χ3v) is 8.08. The SMILES string of the molecule is CC(C)C(NC(=O)c1ccco1)C(=O)N1CCN(Cc2nc3sc4c(c3c(=O)[nH]2)CCCC4)CC1. The second-order valence-corrected chi connectivity index (χ2v) is 10.8. The number of aromatic amines is 1. The number of nitrogens with zero attached hydrogens (tertiary/aromatic N) is 3. The summed E-state index contributed by atoms with van der Waals surface area (Å²) >= 11 is 1.66. The molecule has 1 aliphatic carbocycles. The zero-order valence-corrected chi connectivity index (χ0v) is 21.0. The van der Waals surface area contributed by atoms with E-state index in [1.165, 1.54) is 23.1 Å². The molecule has 1 saturated heterocycles. The van der Waals surface area contributed by atoms with Gasteiger partial charge in [0.25, 0.3) is 11.5 Å². The molecule has 5 rings (SSSR count). The summed E-state index contributed by atoms with van der Waals surface area (Å²) in [5, 5.41) is 3.60. The summed E-state index contributed by atoms with van der Waals surface area (Å²) in [6.45, 7) is 6.83. The van der Waals surface area contributed by atoms with Crippen LogP contribution < -0.4 is 10.9 Å². The predicted octanol–water partition coefficient (Wildman–Crippen LogP) is 2.56. The Balaban J connectivity index is 1.21. The standard InChI is InChI=1S/C25H31N5O4S/c1-15(2)21(28-22(31)17-7-5-13-34-17)25(33)30-11-9-29(10-12-30)14-19-26-23(32)20-16-6-3-4-8-18(16)35-24(20)27-19/h5,7,13,15,21H,3-4,6,8-12,14H2,1-2H3,(H,28,31)(H,26,27,32). The highest BCUT2D eigenvalue weighted by Crippen LogP contribution is 2.33. The van der Waals surface area contributed by atoms with Crippen LogP contribution in [-0.4, -0.2) is 63.8 Å². The van der Waals surface area contributed by atoms with Gasteiger partial charge in [0, 0.05) is 31.1 Å². The Kier molecular flexibility index (Phi) is 6.75. The molecule has 3 aromatic rings. The van der Waals surface area contributed by atoms with E-state index in [9.17, 15) is 14.4 Å². The van der Waals surface area contributed by atoms with Gasteiger partial charge in [0.2, 0.25) is 5.91 Å². The molecule has 1 unspecified atom stereocenters. The topological polar surface area (TPSA) is 112 Å². The number of carbonyl (C=O) groups excluding carboxylic acids is 2. The van der Waals surface area contributed by atoms with Gasteiger partial charge in [-0.1, -0.05) is 13.8 Å². The number of piperazine rings is 1. The van der Waals surface area contributed by atoms with Crippen LogP contribution in [0.3, 0.4) is 0 Å². The van der Waals surface area contributed by atoms with E-state index in [2.05, 4.69) is 15.2 Å². The first-order valence-corrected chi connectivity index (χ1v) is 13.1. The second-order valence-electron chi connectivity index (χ2n) is 9.68. The van der Waals surface area contributed by atoms with Gasteiger partial charge in [-0.3, -0.25) is 19.3 Å². The molecule has 186 valence electrons. The number of H-pyrrole nitrogens is 1. The monoisotopic (exact) mass is 497 g/mol. The minimum Gasteiger partial charge on any atom is -0.459 e. The lowest BCUT2D eigenvalue weighted by atomic mass is 9.97. The van der Waals surface area contributed by atoms with Crippen molar-refractivity contribution < 1.29 is 14.0 Å². The van der Waals surface area contributed by atoms with Crippen LogP contribution in [0.15, 0.2) is 27.6 Å². The molecule has 2 amide bonds. The fourth-order valence-corrected chi connectivity index (χ4v) is 6.23. The van der Waals surface area contributed by atoms with E-state index in [1.54, 1.807) is 28.4 Å². The second kappa shape index (κ2) is 9.94. The number of aromatic nitrogens is 2. The first-order valence-electron chi connectivity index (χ1n) is 12.3. The van der Waals surface area contributed by atoms with Gasteiger partial charge in [-0.15, -0.1) is 11.3 Å². The van der Waals surface area contributed by atoms with Gasteiger partial charge < -0.3 is 19.6 Å². The molecule has 0 bridgehead atoms. The zero-order chi connectivity index (χ0) is 24.5. The molecule has 0 aromatic carbocycles. The largest absolute Gasteiger partial charge is 0.459 e. The lowest BCUT2D eigenvalue weighted by molar-refractivity contribution is -0.136. The molecular weight excluding hydrogens is 466 g/mol. The molecule has 4 heterocycles. The molecule has 10 heteroatoms. The molecule has 1 fully saturated rings. The van der Waals surface area contributed by atoms with Crippen LogP contribution >= 0.6 is 11.3 Å². The Morgan fingerprint density at radius 3 is 2.69 bits per heavy atom. The molecule has 2 aliphatic rings. The molecule has 1 aliphatic heterocycles. The first kappa shape index (κ1) is 23.7. The average molecular weight is 498 g/mol. The van der Waals surface area contributed by atoms with Crippen molar-refractivity contribution >= 4 is 33.4 Å². The van der Waals surface area contributed by atoms with Gasteiger partial charge in [0.15, 0.2) is 5.76 Å². The number of carbonyl (C=O) groups is 2. The summed E-state index contributed by atoms with van der Waals surface area (Å²) in [6.07, 6.45) is 5.76. The van der Waals surface area contributed by atoms with Gasteiger partial charge in [-0.05, 0) is 49.3 Å². The minimum atomic E-state index is -0.621. The third kappa shape index (κ3) is 4.90. The molecule has 1 atom stereocenters. The highest BCUT2D eigenvalue weighted by atomic mass is 32.1. The Morgan fingerprint density at radius 2 is 1.97 bits per heavy atom. The normalized spacial score (nSPS) is 17.5. The van der Waals surface area contributed by atoms with Crippen molar-refractivity contribution in [1.29, 1.82) is 0 Å². The number of hydrogen-bond acceptors (Lipinski definition) is 7. The van der Waals surface area contributed by atoms with E-state index < -0.39 is 6.04 Å². The fourth-order valence-electron chi connectivity index (χ4n) is 4.95. The Morgan fingerprint density at radius 1 is 1.20 bits per heavy atom. The molecule has 9 nitrogen and oxygen atoms in total. The van der Waals surface area contributed by atoms with Gasteiger partial charge >= 0.3 is 0 Å².